The van der Waals surface area contributed by atoms with Crippen LogP contribution < -0.4 is 5.32 Å². The van der Waals surface area contributed by atoms with Crippen molar-refractivity contribution < 1.29 is 0 Å². The molecule has 1 aliphatic rings. The van der Waals surface area contributed by atoms with Crippen molar-refractivity contribution in [3.63, 3.8) is 0 Å². The highest BCUT2D eigenvalue weighted by molar-refractivity contribution is 5.12. The predicted octanol–water partition coefficient (Wildman–Crippen LogP) is 1.41. The van der Waals surface area contributed by atoms with Crippen molar-refractivity contribution in [1.82, 2.24) is 15.1 Å². The first-order chi connectivity index (χ1) is 6.59. The molecule has 3 nitrogen and oxygen atoms in total. The molecule has 2 rings (SSSR count). The van der Waals surface area contributed by atoms with Gasteiger partial charge in [-0.25, -0.2) is 0 Å². The van der Waals surface area contributed by atoms with E-state index in [2.05, 4.69) is 23.4 Å². The van der Waals surface area contributed by atoms with Crippen molar-refractivity contribution in [1.29, 1.82) is 0 Å². The Balaban J connectivity index is 2.13. The van der Waals surface area contributed by atoms with Gasteiger partial charge in [-0.1, -0.05) is 0 Å². The molecule has 0 aromatic carbocycles. The van der Waals surface area contributed by atoms with Gasteiger partial charge in [0.15, 0.2) is 0 Å². The first-order valence-electron chi connectivity index (χ1n) is 5.34. The van der Waals surface area contributed by atoms with Crippen LogP contribution in [-0.2, 0) is 13.5 Å². The lowest BCUT2D eigenvalue weighted by Gasteiger charge is -2.24. The number of nitrogens with zero attached hydrogens (tertiary/aromatic N) is 2. The molecule has 14 heavy (non-hydrogen) atoms. The molecule has 1 atom stereocenters. The van der Waals surface area contributed by atoms with E-state index in [-0.39, 0.29) is 0 Å². The number of hydrogen-bond donors (Lipinski definition) is 1. The van der Waals surface area contributed by atoms with E-state index in [9.17, 15) is 0 Å². The van der Waals surface area contributed by atoms with Gasteiger partial charge in [0.25, 0.3) is 0 Å². The Kier molecular flexibility index (Phi) is 2.35. The molecule has 78 valence electrons. The topological polar surface area (TPSA) is 29.9 Å². The minimum Gasteiger partial charge on any atom is -0.311 e. The molecule has 1 saturated heterocycles. The Labute approximate surface area is 85.5 Å². The molecule has 0 amide bonds. The summed E-state index contributed by atoms with van der Waals surface area (Å²) in [5.74, 6) is 0. The fourth-order valence-corrected chi connectivity index (χ4v) is 2.34. The van der Waals surface area contributed by atoms with Crippen molar-refractivity contribution in [2.75, 3.05) is 6.54 Å². The fraction of sp³-hybridized carbons (Fsp3) is 0.727. The molecule has 0 bridgehead atoms. The minimum atomic E-state index is 0.292. The average Bonchev–Trinajstić information content (AvgIpc) is 2.61. The standard InChI is InChI=1S/C11H19N3/c1-9-7-10(14(3)13-9)8-11(2)5-4-6-12-11/h7,12H,4-6,8H2,1-3H3. The summed E-state index contributed by atoms with van der Waals surface area (Å²) in [6, 6.07) is 2.19. The Morgan fingerprint density at radius 2 is 2.43 bits per heavy atom. The van der Waals surface area contributed by atoms with E-state index in [4.69, 9.17) is 0 Å². The third kappa shape index (κ3) is 1.82. The van der Waals surface area contributed by atoms with Crippen molar-refractivity contribution in [3.8, 4) is 0 Å². The van der Waals surface area contributed by atoms with Gasteiger partial charge in [-0.15, -0.1) is 0 Å². The summed E-state index contributed by atoms with van der Waals surface area (Å²) in [4.78, 5) is 0. The zero-order chi connectivity index (χ0) is 10.2. The molecular weight excluding hydrogens is 174 g/mol. The van der Waals surface area contributed by atoms with Crippen molar-refractivity contribution in [2.45, 2.75) is 38.6 Å². The number of aryl methyl sites for hydroxylation is 2. The summed E-state index contributed by atoms with van der Waals surface area (Å²) < 4.78 is 2.00. The first kappa shape index (κ1) is 9.71. The molecular formula is C11H19N3. The van der Waals surface area contributed by atoms with E-state index >= 15 is 0 Å². The van der Waals surface area contributed by atoms with Gasteiger partial charge >= 0.3 is 0 Å². The summed E-state index contributed by atoms with van der Waals surface area (Å²) in [5.41, 5.74) is 2.74. The van der Waals surface area contributed by atoms with E-state index in [1.165, 1.54) is 18.5 Å². The zero-order valence-electron chi connectivity index (χ0n) is 9.30. The van der Waals surface area contributed by atoms with Crippen LogP contribution in [0.25, 0.3) is 0 Å². The fourth-order valence-electron chi connectivity index (χ4n) is 2.34. The van der Waals surface area contributed by atoms with Crippen LogP contribution in [0.1, 0.15) is 31.2 Å². The average molecular weight is 193 g/mol. The second kappa shape index (κ2) is 3.39. The van der Waals surface area contributed by atoms with Gasteiger partial charge in [0.1, 0.15) is 0 Å². The lowest BCUT2D eigenvalue weighted by Crippen LogP contribution is -2.38. The van der Waals surface area contributed by atoms with Gasteiger partial charge < -0.3 is 5.32 Å². The maximum atomic E-state index is 4.37. The summed E-state index contributed by atoms with van der Waals surface area (Å²) >= 11 is 0. The van der Waals surface area contributed by atoms with E-state index in [0.717, 1.165) is 18.7 Å². The summed E-state index contributed by atoms with van der Waals surface area (Å²) in [6.45, 7) is 5.52. The predicted molar refractivity (Wildman–Crippen MR) is 57.3 cm³/mol. The molecule has 0 saturated carbocycles. The molecule has 0 aliphatic carbocycles. The van der Waals surface area contributed by atoms with Gasteiger partial charge in [-0.05, 0) is 39.3 Å². The smallest absolute Gasteiger partial charge is 0.0596 e. The molecule has 0 spiro atoms. The van der Waals surface area contributed by atoms with Crippen LogP contribution >= 0.6 is 0 Å². The largest absolute Gasteiger partial charge is 0.311 e. The van der Waals surface area contributed by atoms with E-state index < -0.39 is 0 Å². The number of rotatable bonds is 2. The maximum absolute atomic E-state index is 4.37. The van der Waals surface area contributed by atoms with Gasteiger partial charge in [0, 0.05) is 24.7 Å². The van der Waals surface area contributed by atoms with E-state index in [1.807, 2.05) is 18.7 Å². The minimum absolute atomic E-state index is 0.292. The SMILES string of the molecule is Cc1cc(CC2(C)CCCN2)n(C)n1. The third-order valence-corrected chi connectivity index (χ3v) is 3.13. The van der Waals surface area contributed by atoms with Crippen LogP contribution in [0.3, 0.4) is 0 Å². The van der Waals surface area contributed by atoms with Crippen LogP contribution in [0.15, 0.2) is 6.07 Å². The van der Waals surface area contributed by atoms with Gasteiger partial charge in [0.2, 0.25) is 0 Å². The highest BCUT2D eigenvalue weighted by atomic mass is 15.3. The normalized spacial score (nSPS) is 27.1. The molecule has 1 unspecified atom stereocenters. The lowest BCUT2D eigenvalue weighted by atomic mass is 9.94. The Hall–Kier alpha value is -0.830. The van der Waals surface area contributed by atoms with Crippen molar-refractivity contribution >= 4 is 0 Å². The molecule has 0 radical (unpaired) electrons. The molecule has 1 aromatic rings. The quantitative estimate of drug-likeness (QED) is 0.769. The highest BCUT2D eigenvalue weighted by Gasteiger charge is 2.29. The third-order valence-electron chi connectivity index (χ3n) is 3.13. The van der Waals surface area contributed by atoms with E-state index in [0.29, 0.717) is 5.54 Å². The number of aromatic nitrogens is 2. The maximum Gasteiger partial charge on any atom is 0.0596 e. The Morgan fingerprint density at radius 1 is 1.64 bits per heavy atom. The van der Waals surface area contributed by atoms with Crippen molar-refractivity contribution in [2.24, 2.45) is 7.05 Å². The highest BCUT2D eigenvalue weighted by Crippen LogP contribution is 2.23. The second-order valence-corrected chi connectivity index (χ2v) is 4.67. The molecule has 1 aliphatic heterocycles. The molecule has 1 aromatic heterocycles. The molecule has 1 fully saturated rings. The van der Waals surface area contributed by atoms with Crippen LogP contribution in [0.2, 0.25) is 0 Å². The molecule has 1 N–H and O–H groups in total. The van der Waals surface area contributed by atoms with Crippen LogP contribution in [0.5, 0.6) is 0 Å². The molecule has 3 heteroatoms. The van der Waals surface area contributed by atoms with Crippen LogP contribution in [0.4, 0.5) is 0 Å². The number of hydrogen-bond acceptors (Lipinski definition) is 2. The van der Waals surface area contributed by atoms with Crippen LogP contribution in [0, 0.1) is 6.92 Å². The Bertz CT molecular complexity index is 321. The first-order valence-corrected chi connectivity index (χ1v) is 5.34. The van der Waals surface area contributed by atoms with E-state index in [1.54, 1.807) is 0 Å². The zero-order valence-corrected chi connectivity index (χ0v) is 9.30. The molecule has 2 heterocycles. The van der Waals surface area contributed by atoms with Crippen LogP contribution in [-0.4, -0.2) is 21.9 Å². The summed E-state index contributed by atoms with van der Waals surface area (Å²) in [7, 11) is 2.03. The Morgan fingerprint density at radius 3 is 2.93 bits per heavy atom. The summed E-state index contributed by atoms with van der Waals surface area (Å²) in [5, 5.41) is 7.95. The number of nitrogens with one attached hydrogen (secondary N) is 1. The summed E-state index contributed by atoms with van der Waals surface area (Å²) in [6.07, 6.45) is 3.66. The monoisotopic (exact) mass is 193 g/mol. The van der Waals surface area contributed by atoms with Gasteiger partial charge in [-0.2, -0.15) is 5.10 Å². The second-order valence-electron chi connectivity index (χ2n) is 4.67. The van der Waals surface area contributed by atoms with Crippen molar-refractivity contribution in [3.05, 3.63) is 17.5 Å². The van der Waals surface area contributed by atoms with Gasteiger partial charge in [0.05, 0.1) is 5.69 Å². The van der Waals surface area contributed by atoms with Gasteiger partial charge in [-0.3, -0.25) is 4.68 Å². The lowest BCUT2D eigenvalue weighted by molar-refractivity contribution is 0.401.